The van der Waals surface area contributed by atoms with Crippen LogP contribution < -0.4 is 0 Å². The predicted molar refractivity (Wildman–Crippen MR) is 102 cm³/mol. The van der Waals surface area contributed by atoms with E-state index in [-0.39, 0.29) is 18.4 Å². The van der Waals surface area contributed by atoms with Gasteiger partial charge >= 0.3 is 5.97 Å². The molecule has 2 N–H and O–H groups in total. The van der Waals surface area contributed by atoms with Crippen LogP contribution in [0.25, 0.3) is 0 Å². The summed E-state index contributed by atoms with van der Waals surface area (Å²) < 4.78 is 11.5. The Morgan fingerprint density at radius 2 is 1.96 bits per heavy atom. The number of hydrogen-bond acceptors (Lipinski definition) is 5. The lowest BCUT2D eigenvalue weighted by Crippen LogP contribution is -2.44. The maximum Gasteiger partial charge on any atom is 0.326 e. The molecule has 1 saturated carbocycles. The first-order valence-electron chi connectivity index (χ1n) is 10.8. The maximum atomic E-state index is 12.4. The number of nitrogens with zero attached hydrogens (tertiary/aromatic N) is 1. The number of aliphatic carboxylic acids is 1. The molecule has 28 heavy (non-hydrogen) atoms. The van der Waals surface area contributed by atoms with E-state index >= 15 is 0 Å². The van der Waals surface area contributed by atoms with Crippen molar-refractivity contribution in [2.45, 2.75) is 77.2 Å². The zero-order valence-electron chi connectivity index (χ0n) is 17.1. The van der Waals surface area contributed by atoms with Gasteiger partial charge in [0.05, 0.1) is 12.7 Å². The summed E-state index contributed by atoms with van der Waals surface area (Å²) in [4.78, 5) is 25.0. The molecule has 2 saturated heterocycles. The number of carbonyl (C=O) groups excluding carboxylic acids is 1. The summed E-state index contributed by atoms with van der Waals surface area (Å²) in [6, 6.07) is -0.769. The number of carboxylic acid groups (broad SMARTS) is 1. The molecule has 3 rings (SSSR count). The summed E-state index contributed by atoms with van der Waals surface area (Å²) in [6.45, 7) is 5.02. The standard InChI is InChI=1S/C21H35NO6/c1-13-8-9-15-5-3-6-16(17(15)11-27-13)14(2)21(26)28-12-19(23)22-10-4-7-18(22)20(24)25/h13-18,21,26H,3-12H2,1-2H3,(H,24,25)/t13?,14-,15-,16+,17?,18+,21-/m1/s1. The molecular weight excluding hydrogens is 362 g/mol. The van der Waals surface area contributed by atoms with E-state index in [1.54, 1.807) is 0 Å². The molecule has 0 aromatic heterocycles. The first-order chi connectivity index (χ1) is 13.4. The van der Waals surface area contributed by atoms with E-state index in [9.17, 15) is 19.8 Å². The zero-order chi connectivity index (χ0) is 20.3. The quantitative estimate of drug-likeness (QED) is 0.668. The van der Waals surface area contributed by atoms with Gasteiger partial charge in [0, 0.05) is 12.5 Å². The first-order valence-corrected chi connectivity index (χ1v) is 10.8. The Morgan fingerprint density at radius 1 is 1.18 bits per heavy atom. The number of aliphatic hydroxyl groups is 1. The number of carboxylic acids is 1. The number of ether oxygens (including phenoxy) is 2. The van der Waals surface area contributed by atoms with E-state index in [0.29, 0.717) is 43.2 Å². The monoisotopic (exact) mass is 397 g/mol. The molecule has 1 aliphatic carbocycles. The molecular formula is C21H35NO6. The minimum Gasteiger partial charge on any atom is -0.480 e. The van der Waals surface area contributed by atoms with Crippen LogP contribution in [0.15, 0.2) is 0 Å². The van der Waals surface area contributed by atoms with Crippen LogP contribution in [-0.2, 0) is 19.1 Å². The van der Waals surface area contributed by atoms with Crippen LogP contribution in [0.3, 0.4) is 0 Å². The summed E-state index contributed by atoms with van der Waals surface area (Å²) in [7, 11) is 0. The maximum absolute atomic E-state index is 12.4. The van der Waals surface area contributed by atoms with Gasteiger partial charge in [0.2, 0.25) is 5.91 Å². The Kier molecular flexibility index (Phi) is 7.34. The highest BCUT2D eigenvalue weighted by molar-refractivity contribution is 5.84. The average molecular weight is 398 g/mol. The molecule has 160 valence electrons. The molecule has 7 heteroatoms. The first kappa shape index (κ1) is 21.5. The predicted octanol–water partition coefficient (Wildman–Crippen LogP) is 2.26. The van der Waals surface area contributed by atoms with Crippen LogP contribution in [0.5, 0.6) is 0 Å². The highest BCUT2D eigenvalue weighted by Gasteiger charge is 2.40. The number of aliphatic hydroxyl groups excluding tert-OH is 1. The van der Waals surface area contributed by atoms with E-state index in [0.717, 1.165) is 25.9 Å². The molecule has 3 aliphatic rings. The van der Waals surface area contributed by atoms with E-state index in [4.69, 9.17) is 9.47 Å². The number of amides is 1. The summed E-state index contributed by atoms with van der Waals surface area (Å²) >= 11 is 0. The number of fused-ring (bicyclic) bond motifs is 1. The highest BCUT2D eigenvalue weighted by atomic mass is 16.6. The zero-order valence-corrected chi connectivity index (χ0v) is 17.1. The Labute approximate surface area is 167 Å². The van der Waals surface area contributed by atoms with E-state index in [2.05, 4.69) is 6.92 Å². The Hall–Kier alpha value is -1.18. The highest BCUT2D eigenvalue weighted by Crippen LogP contribution is 2.44. The summed E-state index contributed by atoms with van der Waals surface area (Å²) in [6.07, 6.45) is 6.13. The fourth-order valence-electron chi connectivity index (χ4n) is 5.40. The van der Waals surface area contributed by atoms with Crippen molar-refractivity contribution in [2.24, 2.45) is 23.7 Å². The molecule has 0 spiro atoms. The minimum absolute atomic E-state index is 0.0912. The topological polar surface area (TPSA) is 96.3 Å². The largest absolute Gasteiger partial charge is 0.480 e. The lowest BCUT2D eigenvalue weighted by atomic mass is 9.66. The van der Waals surface area contributed by atoms with Gasteiger partial charge in [-0.25, -0.2) is 4.79 Å². The second kappa shape index (κ2) is 9.55. The van der Waals surface area contributed by atoms with Crippen molar-refractivity contribution in [1.82, 2.24) is 4.90 Å². The molecule has 7 atom stereocenters. The fraction of sp³-hybridized carbons (Fsp3) is 0.905. The molecule has 7 nitrogen and oxygen atoms in total. The normalized spacial score (nSPS) is 35.7. The van der Waals surface area contributed by atoms with Crippen LogP contribution >= 0.6 is 0 Å². The third kappa shape index (κ3) is 4.86. The van der Waals surface area contributed by atoms with Gasteiger partial charge in [-0.1, -0.05) is 19.8 Å². The van der Waals surface area contributed by atoms with E-state index < -0.39 is 18.3 Å². The summed E-state index contributed by atoms with van der Waals surface area (Å²) in [5.74, 6) is -0.0439. The number of likely N-dealkylation sites (tertiary alicyclic amines) is 1. The number of rotatable bonds is 6. The SMILES string of the molecule is CC1CC[C@H]2CCC[C@@H]([C@@H](C)[C@H](O)OCC(=O)N3CCC[C@H]3C(=O)O)C2CO1. The van der Waals surface area contributed by atoms with Crippen LogP contribution in [0.4, 0.5) is 0 Å². The second-order valence-corrected chi connectivity index (χ2v) is 8.88. The van der Waals surface area contributed by atoms with Crippen molar-refractivity contribution in [1.29, 1.82) is 0 Å². The van der Waals surface area contributed by atoms with Gasteiger partial charge in [0.15, 0.2) is 6.29 Å². The van der Waals surface area contributed by atoms with Crippen molar-refractivity contribution in [3.8, 4) is 0 Å². The molecule has 0 bridgehead atoms. The molecule has 0 aromatic rings. The van der Waals surface area contributed by atoms with Crippen molar-refractivity contribution >= 4 is 11.9 Å². The molecule has 2 aliphatic heterocycles. The molecule has 0 radical (unpaired) electrons. The molecule has 2 heterocycles. The van der Waals surface area contributed by atoms with Crippen molar-refractivity contribution in [3.05, 3.63) is 0 Å². The van der Waals surface area contributed by atoms with Crippen LogP contribution in [-0.4, -0.2) is 65.2 Å². The van der Waals surface area contributed by atoms with Gasteiger partial charge in [0.1, 0.15) is 12.6 Å². The van der Waals surface area contributed by atoms with Crippen LogP contribution in [0, 0.1) is 23.7 Å². The van der Waals surface area contributed by atoms with Crippen molar-refractivity contribution < 1.29 is 29.3 Å². The summed E-state index contributed by atoms with van der Waals surface area (Å²) in [5.41, 5.74) is 0. The van der Waals surface area contributed by atoms with Crippen LogP contribution in [0.2, 0.25) is 0 Å². The fourth-order valence-corrected chi connectivity index (χ4v) is 5.40. The number of hydrogen-bond donors (Lipinski definition) is 2. The van der Waals surface area contributed by atoms with Crippen molar-refractivity contribution in [2.75, 3.05) is 19.8 Å². The Balaban J connectivity index is 1.54. The Bertz CT molecular complexity index is 555. The van der Waals surface area contributed by atoms with Gasteiger partial charge in [0.25, 0.3) is 0 Å². The van der Waals surface area contributed by atoms with E-state index in [1.807, 2.05) is 6.92 Å². The second-order valence-electron chi connectivity index (χ2n) is 8.88. The smallest absolute Gasteiger partial charge is 0.326 e. The molecule has 0 aromatic carbocycles. The molecule has 1 amide bonds. The van der Waals surface area contributed by atoms with Gasteiger partial charge < -0.3 is 24.6 Å². The third-order valence-electron chi connectivity index (χ3n) is 7.15. The van der Waals surface area contributed by atoms with Crippen molar-refractivity contribution in [3.63, 3.8) is 0 Å². The van der Waals surface area contributed by atoms with Gasteiger partial charge in [-0.05, 0) is 56.8 Å². The lowest BCUT2D eigenvalue weighted by Gasteiger charge is -2.41. The molecule has 2 unspecified atom stereocenters. The third-order valence-corrected chi connectivity index (χ3v) is 7.15. The van der Waals surface area contributed by atoms with Gasteiger partial charge in [-0.15, -0.1) is 0 Å². The van der Waals surface area contributed by atoms with E-state index in [1.165, 1.54) is 17.7 Å². The van der Waals surface area contributed by atoms with Crippen LogP contribution in [0.1, 0.15) is 58.8 Å². The molecule has 3 fully saturated rings. The summed E-state index contributed by atoms with van der Waals surface area (Å²) in [5, 5.41) is 19.8. The van der Waals surface area contributed by atoms with Gasteiger partial charge in [-0.3, -0.25) is 4.79 Å². The Morgan fingerprint density at radius 3 is 2.71 bits per heavy atom. The minimum atomic E-state index is -1.03. The lowest BCUT2D eigenvalue weighted by molar-refractivity contribution is -0.172. The number of carbonyl (C=O) groups is 2. The van der Waals surface area contributed by atoms with Gasteiger partial charge in [-0.2, -0.15) is 0 Å². The average Bonchev–Trinajstić information content (AvgIpc) is 3.10.